The Morgan fingerprint density at radius 2 is 1.59 bits per heavy atom. The lowest BCUT2D eigenvalue weighted by Gasteiger charge is -2.36. The predicted octanol–water partition coefficient (Wildman–Crippen LogP) is 3.80. The lowest BCUT2D eigenvalue weighted by atomic mass is 10.2. The third-order valence-electron chi connectivity index (χ3n) is 5.07. The molecule has 0 saturated carbocycles. The molecule has 6 heteroatoms. The largest absolute Gasteiger partial charge is 0.368 e. The molecule has 2 heterocycles. The second-order valence-corrected chi connectivity index (χ2v) is 7.29. The van der Waals surface area contributed by atoms with Gasteiger partial charge in [0.1, 0.15) is 17.3 Å². The van der Waals surface area contributed by atoms with Crippen LogP contribution >= 0.6 is 0 Å². The van der Waals surface area contributed by atoms with Gasteiger partial charge in [-0.15, -0.1) is 0 Å². The SMILES string of the molecule is Cc1ccc(Nc2cc(C(=O)N3CCN(c4ccccc4)CC3)nc(C)n2)cc1. The van der Waals surface area contributed by atoms with Crippen molar-refractivity contribution in [3.8, 4) is 0 Å². The first-order valence-electron chi connectivity index (χ1n) is 9.87. The van der Waals surface area contributed by atoms with Gasteiger partial charge < -0.3 is 15.1 Å². The molecule has 1 aliphatic rings. The predicted molar refractivity (Wildman–Crippen MR) is 116 cm³/mol. The summed E-state index contributed by atoms with van der Waals surface area (Å²) in [7, 11) is 0. The molecule has 1 aromatic heterocycles. The molecule has 1 aliphatic heterocycles. The lowest BCUT2D eigenvalue weighted by Crippen LogP contribution is -2.49. The van der Waals surface area contributed by atoms with E-state index in [2.05, 4.69) is 32.3 Å². The Labute approximate surface area is 171 Å². The van der Waals surface area contributed by atoms with E-state index in [0.29, 0.717) is 30.4 Å². The van der Waals surface area contributed by atoms with Crippen LogP contribution in [0.2, 0.25) is 0 Å². The van der Waals surface area contributed by atoms with Crippen LogP contribution in [0.1, 0.15) is 21.9 Å². The van der Waals surface area contributed by atoms with Crippen LogP contribution in [0.5, 0.6) is 0 Å². The zero-order valence-electron chi connectivity index (χ0n) is 16.8. The maximum atomic E-state index is 13.0. The van der Waals surface area contributed by atoms with Crippen molar-refractivity contribution in [1.29, 1.82) is 0 Å². The minimum Gasteiger partial charge on any atom is -0.368 e. The topological polar surface area (TPSA) is 61.4 Å². The number of para-hydroxylation sites is 1. The van der Waals surface area contributed by atoms with E-state index in [1.165, 1.54) is 11.3 Å². The molecule has 3 aromatic rings. The number of aryl methyl sites for hydroxylation is 2. The molecule has 0 bridgehead atoms. The Morgan fingerprint density at radius 3 is 2.28 bits per heavy atom. The molecule has 29 heavy (non-hydrogen) atoms. The van der Waals surface area contributed by atoms with Gasteiger partial charge in [-0.25, -0.2) is 9.97 Å². The Morgan fingerprint density at radius 1 is 0.897 bits per heavy atom. The first kappa shape index (κ1) is 18.9. The van der Waals surface area contributed by atoms with Crippen molar-refractivity contribution in [2.75, 3.05) is 36.4 Å². The van der Waals surface area contributed by atoms with Crippen molar-refractivity contribution < 1.29 is 4.79 Å². The summed E-state index contributed by atoms with van der Waals surface area (Å²) in [5.74, 6) is 1.16. The highest BCUT2D eigenvalue weighted by Crippen LogP contribution is 2.19. The molecule has 0 spiro atoms. The molecule has 0 unspecified atom stereocenters. The van der Waals surface area contributed by atoms with Gasteiger partial charge in [0.25, 0.3) is 5.91 Å². The number of hydrogen-bond acceptors (Lipinski definition) is 5. The van der Waals surface area contributed by atoms with Gasteiger partial charge in [-0.2, -0.15) is 0 Å². The Balaban J connectivity index is 1.45. The number of amides is 1. The fourth-order valence-corrected chi connectivity index (χ4v) is 3.49. The van der Waals surface area contributed by atoms with Gasteiger partial charge in [0.05, 0.1) is 0 Å². The van der Waals surface area contributed by atoms with Gasteiger partial charge in [-0.3, -0.25) is 4.79 Å². The number of piperazine rings is 1. The zero-order chi connectivity index (χ0) is 20.2. The summed E-state index contributed by atoms with van der Waals surface area (Å²) >= 11 is 0. The van der Waals surface area contributed by atoms with Crippen molar-refractivity contribution in [3.05, 3.63) is 77.7 Å². The maximum Gasteiger partial charge on any atom is 0.272 e. The highest BCUT2D eigenvalue weighted by molar-refractivity contribution is 5.93. The molecule has 1 N–H and O–H groups in total. The number of carbonyl (C=O) groups is 1. The number of aromatic nitrogens is 2. The first-order valence-corrected chi connectivity index (χ1v) is 9.87. The summed E-state index contributed by atoms with van der Waals surface area (Å²) in [6, 6.07) is 20.1. The number of rotatable bonds is 4. The summed E-state index contributed by atoms with van der Waals surface area (Å²) in [5.41, 5.74) is 3.76. The van der Waals surface area contributed by atoms with Crippen LogP contribution in [0.4, 0.5) is 17.2 Å². The average molecular weight is 387 g/mol. The van der Waals surface area contributed by atoms with Crippen molar-refractivity contribution >= 4 is 23.1 Å². The van der Waals surface area contributed by atoms with Crippen LogP contribution in [0.15, 0.2) is 60.7 Å². The molecule has 1 saturated heterocycles. The van der Waals surface area contributed by atoms with Crippen molar-refractivity contribution in [3.63, 3.8) is 0 Å². The minimum atomic E-state index is -0.0461. The van der Waals surface area contributed by atoms with Crippen molar-refractivity contribution in [2.24, 2.45) is 0 Å². The Kier molecular flexibility index (Phi) is 5.42. The van der Waals surface area contributed by atoms with Crippen LogP contribution in [0.25, 0.3) is 0 Å². The Bertz CT molecular complexity index is 980. The molecule has 2 aromatic carbocycles. The van der Waals surface area contributed by atoms with Crippen molar-refractivity contribution in [2.45, 2.75) is 13.8 Å². The molecule has 1 fully saturated rings. The first-order chi connectivity index (χ1) is 14.1. The number of hydrogen-bond donors (Lipinski definition) is 1. The average Bonchev–Trinajstić information content (AvgIpc) is 2.75. The molecule has 0 aliphatic carbocycles. The third kappa shape index (κ3) is 4.54. The van der Waals surface area contributed by atoms with E-state index in [4.69, 9.17) is 0 Å². The second kappa shape index (κ2) is 8.31. The fraction of sp³-hybridized carbons (Fsp3) is 0.261. The molecule has 148 valence electrons. The number of carbonyl (C=O) groups excluding carboxylic acids is 1. The van der Waals surface area contributed by atoms with E-state index in [1.54, 1.807) is 6.07 Å². The highest BCUT2D eigenvalue weighted by Gasteiger charge is 2.23. The van der Waals surface area contributed by atoms with Crippen LogP contribution < -0.4 is 10.2 Å². The van der Waals surface area contributed by atoms with Crippen molar-refractivity contribution in [1.82, 2.24) is 14.9 Å². The molecular formula is C23H25N5O. The van der Waals surface area contributed by atoms with Gasteiger partial charge in [-0.05, 0) is 38.1 Å². The van der Waals surface area contributed by atoms with Gasteiger partial charge in [-0.1, -0.05) is 35.9 Å². The standard InChI is InChI=1S/C23H25N5O/c1-17-8-10-19(11-9-17)26-22-16-21(24-18(2)25-22)23(29)28-14-12-27(13-15-28)20-6-4-3-5-7-20/h3-11,16H,12-15H2,1-2H3,(H,24,25,26). The molecule has 1 amide bonds. The summed E-state index contributed by atoms with van der Waals surface area (Å²) < 4.78 is 0. The fourth-order valence-electron chi connectivity index (χ4n) is 3.49. The molecule has 4 rings (SSSR count). The van der Waals surface area contributed by atoms with Crippen LogP contribution in [-0.4, -0.2) is 47.0 Å². The van der Waals surface area contributed by atoms with Gasteiger partial charge in [0.2, 0.25) is 0 Å². The maximum absolute atomic E-state index is 13.0. The summed E-state index contributed by atoms with van der Waals surface area (Å²) in [5, 5.41) is 3.27. The smallest absolute Gasteiger partial charge is 0.272 e. The Hall–Kier alpha value is -3.41. The van der Waals surface area contributed by atoms with Crippen LogP contribution in [0.3, 0.4) is 0 Å². The molecule has 0 radical (unpaired) electrons. The number of anilines is 3. The van der Waals surface area contributed by atoms with Gasteiger partial charge in [0.15, 0.2) is 0 Å². The van der Waals surface area contributed by atoms with Gasteiger partial charge >= 0.3 is 0 Å². The monoisotopic (exact) mass is 387 g/mol. The molecular weight excluding hydrogens is 362 g/mol. The molecule has 0 atom stereocenters. The lowest BCUT2D eigenvalue weighted by molar-refractivity contribution is 0.0740. The van der Waals surface area contributed by atoms with E-state index in [9.17, 15) is 4.79 Å². The summed E-state index contributed by atoms with van der Waals surface area (Å²) in [6.45, 7) is 6.84. The normalized spacial score (nSPS) is 14.0. The second-order valence-electron chi connectivity index (χ2n) is 7.29. The zero-order valence-corrected chi connectivity index (χ0v) is 16.8. The number of benzene rings is 2. The van der Waals surface area contributed by atoms with Crippen LogP contribution in [-0.2, 0) is 0 Å². The molecule has 6 nitrogen and oxygen atoms in total. The van der Waals surface area contributed by atoms with E-state index in [0.717, 1.165) is 18.8 Å². The van der Waals surface area contributed by atoms with E-state index in [-0.39, 0.29) is 5.91 Å². The minimum absolute atomic E-state index is 0.0461. The van der Waals surface area contributed by atoms with E-state index < -0.39 is 0 Å². The summed E-state index contributed by atoms with van der Waals surface area (Å²) in [6.07, 6.45) is 0. The highest BCUT2D eigenvalue weighted by atomic mass is 16.2. The summed E-state index contributed by atoms with van der Waals surface area (Å²) in [4.78, 5) is 26.0. The van der Waals surface area contributed by atoms with E-state index >= 15 is 0 Å². The third-order valence-corrected chi connectivity index (χ3v) is 5.07. The van der Waals surface area contributed by atoms with Gasteiger partial charge in [0, 0.05) is 43.6 Å². The van der Waals surface area contributed by atoms with Crippen LogP contribution in [0, 0.1) is 13.8 Å². The number of nitrogens with one attached hydrogen (secondary N) is 1. The number of nitrogens with zero attached hydrogens (tertiary/aromatic N) is 4. The van der Waals surface area contributed by atoms with E-state index in [1.807, 2.05) is 61.2 Å². The quantitative estimate of drug-likeness (QED) is 0.738.